The highest BCUT2D eigenvalue weighted by molar-refractivity contribution is 6.08. The number of hydrogen-bond acceptors (Lipinski definition) is 7. The van der Waals surface area contributed by atoms with Gasteiger partial charge in [-0.1, -0.05) is 17.3 Å². The molecule has 1 aliphatic heterocycles. The molecule has 3 N–H and O–H groups in total. The number of benzene rings is 2. The Morgan fingerprint density at radius 1 is 1.15 bits per heavy atom. The number of anilines is 1. The SMILES string of the molecule is COc1cc(C(=O)Nc2cccc(C3(C)NC(=O)NC3=O)c2)ccc1OCc1c(C)noc1C. The van der Waals surface area contributed by atoms with E-state index < -0.39 is 17.5 Å². The standard InChI is InChI=1S/C24H24N4O6/c1-13-18(14(2)34-28-13)12-33-19-9-8-15(10-20(19)32-4)21(29)25-17-7-5-6-16(11-17)24(3)22(30)26-23(31)27-24/h5-11H,12H2,1-4H3,(H,25,29)(H2,26,27,30,31). The van der Waals surface area contributed by atoms with Gasteiger partial charge < -0.3 is 24.6 Å². The number of hydrogen-bond donors (Lipinski definition) is 3. The Bertz CT molecular complexity index is 1260. The summed E-state index contributed by atoms with van der Waals surface area (Å²) in [6.07, 6.45) is 0. The van der Waals surface area contributed by atoms with Gasteiger partial charge in [0.25, 0.3) is 11.8 Å². The third-order valence-corrected chi connectivity index (χ3v) is 5.72. The fraction of sp³-hybridized carbons (Fsp3) is 0.250. The first-order valence-electron chi connectivity index (χ1n) is 10.5. The first-order chi connectivity index (χ1) is 16.2. The number of rotatable bonds is 7. The van der Waals surface area contributed by atoms with Crippen molar-refractivity contribution >= 4 is 23.5 Å². The van der Waals surface area contributed by atoms with Crippen LogP contribution in [0.15, 0.2) is 47.0 Å². The lowest BCUT2D eigenvalue weighted by Crippen LogP contribution is -2.40. The van der Waals surface area contributed by atoms with Crippen molar-refractivity contribution in [2.45, 2.75) is 32.9 Å². The molecule has 2 aromatic carbocycles. The molecule has 3 aromatic rings. The summed E-state index contributed by atoms with van der Waals surface area (Å²) < 4.78 is 16.4. The predicted molar refractivity (Wildman–Crippen MR) is 122 cm³/mol. The molecule has 10 heteroatoms. The molecule has 1 unspecified atom stereocenters. The van der Waals surface area contributed by atoms with Crippen LogP contribution in [0.1, 0.15) is 39.9 Å². The van der Waals surface area contributed by atoms with Gasteiger partial charge in [-0.05, 0) is 56.7 Å². The fourth-order valence-corrected chi connectivity index (χ4v) is 3.64. The number of aromatic nitrogens is 1. The molecule has 1 atom stereocenters. The van der Waals surface area contributed by atoms with Crippen LogP contribution in [0.3, 0.4) is 0 Å². The highest BCUT2D eigenvalue weighted by Crippen LogP contribution is 2.30. The lowest BCUT2D eigenvalue weighted by atomic mass is 9.92. The van der Waals surface area contributed by atoms with Crippen molar-refractivity contribution in [2.75, 3.05) is 12.4 Å². The molecule has 0 saturated carbocycles. The van der Waals surface area contributed by atoms with Gasteiger partial charge in [0.05, 0.1) is 18.4 Å². The van der Waals surface area contributed by atoms with Crippen LogP contribution in [0.25, 0.3) is 0 Å². The highest BCUT2D eigenvalue weighted by atomic mass is 16.5. The van der Waals surface area contributed by atoms with Crippen LogP contribution in [0.5, 0.6) is 11.5 Å². The van der Waals surface area contributed by atoms with Crippen LogP contribution in [0.4, 0.5) is 10.5 Å². The highest BCUT2D eigenvalue weighted by Gasteiger charge is 2.43. The zero-order chi connectivity index (χ0) is 24.5. The molecule has 34 heavy (non-hydrogen) atoms. The third kappa shape index (κ3) is 4.29. The average molecular weight is 464 g/mol. The first-order valence-corrected chi connectivity index (χ1v) is 10.5. The Morgan fingerprint density at radius 2 is 1.94 bits per heavy atom. The zero-order valence-electron chi connectivity index (χ0n) is 19.1. The second-order valence-corrected chi connectivity index (χ2v) is 8.03. The van der Waals surface area contributed by atoms with Crippen LogP contribution in [-0.4, -0.2) is 30.1 Å². The van der Waals surface area contributed by atoms with E-state index in [1.807, 2.05) is 13.8 Å². The van der Waals surface area contributed by atoms with Gasteiger partial charge >= 0.3 is 6.03 Å². The topological polar surface area (TPSA) is 132 Å². The molecule has 4 amide bonds. The van der Waals surface area contributed by atoms with Gasteiger partial charge in [0.1, 0.15) is 17.9 Å². The number of carbonyl (C=O) groups is 3. The molecule has 0 spiro atoms. The van der Waals surface area contributed by atoms with E-state index in [4.69, 9.17) is 14.0 Å². The van der Waals surface area contributed by atoms with E-state index in [-0.39, 0.29) is 12.5 Å². The van der Waals surface area contributed by atoms with Crippen LogP contribution >= 0.6 is 0 Å². The number of nitrogens with one attached hydrogen (secondary N) is 3. The summed E-state index contributed by atoms with van der Waals surface area (Å²) in [4.78, 5) is 36.7. The summed E-state index contributed by atoms with van der Waals surface area (Å²) >= 11 is 0. The summed E-state index contributed by atoms with van der Waals surface area (Å²) in [5.74, 6) is 0.705. The Morgan fingerprint density at radius 3 is 2.59 bits per heavy atom. The molecule has 176 valence electrons. The van der Waals surface area contributed by atoms with E-state index in [1.54, 1.807) is 49.4 Å². The van der Waals surface area contributed by atoms with E-state index in [2.05, 4.69) is 21.1 Å². The Hall–Kier alpha value is -4.34. The molecular weight excluding hydrogens is 440 g/mol. The Balaban J connectivity index is 1.49. The molecule has 0 radical (unpaired) electrons. The number of aryl methyl sites for hydroxylation is 2. The zero-order valence-corrected chi connectivity index (χ0v) is 19.1. The van der Waals surface area contributed by atoms with Gasteiger partial charge in [0.15, 0.2) is 11.5 Å². The Labute approximate surface area is 195 Å². The van der Waals surface area contributed by atoms with Crippen LogP contribution < -0.4 is 25.4 Å². The van der Waals surface area contributed by atoms with Crippen molar-refractivity contribution in [2.24, 2.45) is 0 Å². The smallest absolute Gasteiger partial charge is 0.322 e. The monoisotopic (exact) mass is 464 g/mol. The summed E-state index contributed by atoms with van der Waals surface area (Å²) in [6, 6.07) is 11.0. The number of imide groups is 1. The van der Waals surface area contributed by atoms with Crippen molar-refractivity contribution in [3.8, 4) is 11.5 Å². The van der Waals surface area contributed by atoms with Crippen molar-refractivity contribution in [1.29, 1.82) is 0 Å². The maximum Gasteiger partial charge on any atom is 0.322 e. The molecule has 10 nitrogen and oxygen atoms in total. The average Bonchev–Trinajstić information content (AvgIpc) is 3.28. The van der Waals surface area contributed by atoms with Crippen molar-refractivity contribution < 1.29 is 28.4 Å². The molecule has 0 bridgehead atoms. The van der Waals surface area contributed by atoms with E-state index in [0.29, 0.717) is 34.1 Å². The summed E-state index contributed by atoms with van der Waals surface area (Å²) in [5, 5.41) is 11.5. The fourth-order valence-electron chi connectivity index (χ4n) is 3.64. The molecule has 1 fully saturated rings. The van der Waals surface area contributed by atoms with Gasteiger partial charge in [-0.2, -0.15) is 0 Å². The minimum Gasteiger partial charge on any atom is -0.493 e. The van der Waals surface area contributed by atoms with Crippen molar-refractivity contribution in [1.82, 2.24) is 15.8 Å². The minimum atomic E-state index is -1.22. The quantitative estimate of drug-likeness (QED) is 0.458. The molecule has 1 saturated heterocycles. The molecule has 0 aliphatic carbocycles. The van der Waals surface area contributed by atoms with Crippen LogP contribution in [0, 0.1) is 13.8 Å². The molecule has 4 rings (SSSR count). The van der Waals surface area contributed by atoms with Crippen molar-refractivity contribution in [3.63, 3.8) is 0 Å². The number of ether oxygens (including phenoxy) is 2. The number of urea groups is 1. The van der Waals surface area contributed by atoms with Gasteiger partial charge in [-0.25, -0.2) is 4.79 Å². The molecule has 2 heterocycles. The van der Waals surface area contributed by atoms with E-state index in [9.17, 15) is 14.4 Å². The molecule has 1 aliphatic rings. The third-order valence-electron chi connectivity index (χ3n) is 5.72. The summed E-state index contributed by atoms with van der Waals surface area (Å²) in [6.45, 7) is 5.49. The van der Waals surface area contributed by atoms with E-state index in [0.717, 1.165) is 11.3 Å². The maximum atomic E-state index is 12.9. The second kappa shape index (κ2) is 8.89. The lowest BCUT2D eigenvalue weighted by molar-refractivity contribution is -0.123. The molecular formula is C24H24N4O6. The van der Waals surface area contributed by atoms with Crippen LogP contribution in [-0.2, 0) is 16.9 Å². The van der Waals surface area contributed by atoms with Gasteiger partial charge in [-0.15, -0.1) is 0 Å². The maximum absolute atomic E-state index is 12.9. The molecule has 1 aromatic heterocycles. The van der Waals surface area contributed by atoms with Gasteiger partial charge in [-0.3, -0.25) is 14.9 Å². The number of methoxy groups -OCH3 is 1. The number of amides is 4. The van der Waals surface area contributed by atoms with Crippen LogP contribution in [0.2, 0.25) is 0 Å². The normalized spacial score (nSPS) is 17.2. The van der Waals surface area contributed by atoms with Gasteiger partial charge in [0.2, 0.25) is 0 Å². The summed E-state index contributed by atoms with van der Waals surface area (Å²) in [5.41, 5.74) is 1.74. The second-order valence-electron chi connectivity index (χ2n) is 8.03. The minimum absolute atomic E-state index is 0.249. The number of carbonyl (C=O) groups excluding carboxylic acids is 3. The summed E-state index contributed by atoms with van der Waals surface area (Å²) in [7, 11) is 1.49. The van der Waals surface area contributed by atoms with E-state index in [1.165, 1.54) is 7.11 Å². The first kappa shape index (κ1) is 22.8. The lowest BCUT2D eigenvalue weighted by Gasteiger charge is -2.21. The van der Waals surface area contributed by atoms with Crippen molar-refractivity contribution in [3.05, 3.63) is 70.6 Å². The largest absolute Gasteiger partial charge is 0.493 e. The van der Waals surface area contributed by atoms with E-state index >= 15 is 0 Å². The number of nitrogens with zero attached hydrogens (tertiary/aromatic N) is 1. The Kier molecular flexibility index (Phi) is 5.97. The van der Waals surface area contributed by atoms with Gasteiger partial charge in [0, 0.05) is 11.3 Å². The predicted octanol–water partition coefficient (Wildman–Crippen LogP) is 3.19.